The van der Waals surface area contributed by atoms with Gasteiger partial charge >= 0.3 is 0 Å². The molecule has 0 N–H and O–H groups in total. The van der Waals surface area contributed by atoms with E-state index in [4.69, 9.17) is 14.2 Å². The maximum absolute atomic E-state index is 14.3. The van der Waals surface area contributed by atoms with Crippen LogP contribution in [0.15, 0.2) is 40.9 Å². The van der Waals surface area contributed by atoms with E-state index in [-0.39, 0.29) is 29.2 Å². The second kappa shape index (κ2) is 9.35. The molecule has 0 amide bonds. The monoisotopic (exact) mass is 511 g/mol. The number of hydrogen-bond donors (Lipinski definition) is 0. The van der Waals surface area contributed by atoms with Crippen LogP contribution in [0.3, 0.4) is 0 Å². The van der Waals surface area contributed by atoms with E-state index in [9.17, 15) is 12.8 Å². The Morgan fingerprint density at radius 3 is 2.56 bits per heavy atom. The summed E-state index contributed by atoms with van der Waals surface area (Å²) in [5.74, 6) is 1.77. The minimum absolute atomic E-state index is 0.0220. The lowest BCUT2D eigenvalue weighted by Gasteiger charge is -2.27. The summed E-state index contributed by atoms with van der Waals surface area (Å²) in [6.07, 6.45) is 1.69. The van der Waals surface area contributed by atoms with Gasteiger partial charge in [0.2, 0.25) is 0 Å². The molecule has 190 valence electrons. The molecule has 1 atom stereocenters. The molecule has 5 rings (SSSR count). The van der Waals surface area contributed by atoms with Crippen molar-refractivity contribution in [1.29, 1.82) is 0 Å². The lowest BCUT2D eigenvalue weighted by atomic mass is 9.99. The number of sulfone groups is 1. The Hall–Kier alpha value is -3.20. The Kier molecular flexibility index (Phi) is 6.36. The van der Waals surface area contributed by atoms with Crippen molar-refractivity contribution in [1.82, 2.24) is 14.7 Å². The topological polar surface area (TPSA) is 87.2 Å². The first-order valence-electron chi connectivity index (χ1n) is 12.1. The zero-order chi connectivity index (χ0) is 25.6. The largest absolute Gasteiger partial charge is 0.494 e. The van der Waals surface area contributed by atoms with Crippen LogP contribution in [0.2, 0.25) is 0 Å². The van der Waals surface area contributed by atoms with Gasteiger partial charge in [-0.3, -0.25) is 0 Å². The van der Waals surface area contributed by atoms with Crippen molar-refractivity contribution in [2.24, 2.45) is 0 Å². The van der Waals surface area contributed by atoms with Gasteiger partial charge in [-0.05, 0) is 68.5 Å². The zero-order valence-electron chi connectivity index (χ0n) is 20.9. The summed E-state index contributed by atoms with van der Waals surface area (Å²) in [6.45, 7) is 5.88. The lowest BCUT2D eigenvalue weighted by molar-refractivity contribution is 0.386. The second-order valence-electron chi connectivity index (χ2n) is 9.70. The van der Waals surface area contributed by atoms with E-state index in [0.717, 1.165) is 45.0 Å². The van der Waals surface area contributed by atoms with Crippen molar-refractivity contribution in [2.75, 3.05) is 18.6 Å². The van der Waals surface area contributed by atoms with Gasteiger partial charge in [-0.15, -0.1) is 0 Å². The third kappa shape index (κ3) is 4.52. The molecule has 36 heavy (non-hydrogen) atoms. The molecule has 2 aromatic carbocycles. The lowest BCUT2D eigenvalue weighted by Crippen LogP contribution is -2.27. The van der Waals surface area contributed by atoms with Crippen LogP contribution in [0.1, 0.15) is 54.6 Å². The fourth-order valence-corrected chi connectivity index (χ4v) is 6.78. The fourth-order valence-electron chi connectivity index (χ4n) is 5.32. The minimum atomic E-state index is -3.00. The van der Waals surface area contributed by atoms with Crippen LogP contribution in [-0.2, 0) is 16.3 Å². The second-order valence-corrected chi connectivity index (χ2v) is 12.0. The number of hydrogen-bond acceptors (Lipinski definition) is 6. The van der Waals surface area contributed by atoms with Gasteiger partial charge in [0.25, 0.3) is 0 Å². The Balaban J connectivity index is 1.57. The predicted molar refractivity (Wildman–Crippen MR) is 137 cm³/mol. The highest BCUT2D eigenvalue weighted by molar-refractivity contribution is 7.91. The van der Waals surface area contributed by atoms with Crippen molar-refractivity contribution in [2.45, 2.75) is 52.0 Å². The average molecular weight is 512 g/mol. The van der Waals surface area contributed by atoms with Crippen LogP contribution >= 0.6 is 0 Å². The van der Waals surface area contributed by atoms with Gasteiger partial charge in [0, 0.05) is 17.5 Å². The molecule has 1 aliphatic heterocycles. The number of imidazole rings is 1. The Bertz CT molecular complexity index is 1510. The number of halogens is 1. The number of methoxy groups -OCH3 is 1. The molecule has 1 unspecified atom stereocenters. The van der Waals surface area contributed by atoms with E-state index in [1.807, 2.05) is 32.0 Å². The number of fused-ring (bicyclic) bond motifs is 1. The molecule has 3 heterocycles. The molecule has 0 radical (unpaired) electrons. The molecule has 1 aliphatic rings. The summed E-state index contributed by atoms with van der Waals surface area (Å²) in [5, 5.41) is 4.08. The maximum Gasteiger partial charge on any atom is 0.165 e. The van der Waals surface area contributed by atoms with E-state index in [0.29, 0.717) is 19.3 Å². The standard InChI is InChI=1S/C27H30FN3O4S/c1-16(13-19-5-8-25(34-4)22(28)14-19)27-29-23-15-20(26-17(2)30-35-18(26)3)6-7-24(23)31(27)21-9-11-36(32,33)12-10-21/h5-8,14-16,21H,9-13H2,1-4H3. The summed E-state index contributed by atoms with van der Waals surface area (Å²) >= 11 is 0. The van der Waals surface area contributed by atoms with Gasteiger partial charge in [-0.1, -0.05) is 24.2 Å². The van der Waals surface area contributed by atoms with Gasteiger partial charge in [0.15, 0.2) is 11.6 Å². The normalized spacial score (nSPS) is 16.9. The van der Waals surface area contributed by atoms with E-state index in [1.165, 1.54) is 13.2 Å². The van der Waals surface area contributed by atoms with Crippen LogP contribution < -0.4 is 4.74 Å². The molecule has 1 saturated heterocycles. The molecule has 7 nitrogen and oxygen atoms in total. The Labute approximate surface area is 210 Å². The smallest absolute Gasteiger partial charge is 0.165 e. The summed E-state index contributed by atoms with van der Waals surface area (Å²) < 4.78 is 51.2. The molecule has 0 spiro atoms. The molecule has 2 aromatic heterocycles. The van der Waals surface area contributed by atoms with Gasteiger partial charge < -0.3 is 13.8 Å². The highest BCUT2D eigenvalue weighted by Crippen LogP contribution is 2.36. The first kappa shape index (κ1) is 24.5. The molecular weight excluding hydrogens is 481 g/mol. The highest BCUT2D eigenvalue weighted by Gasteiger charge is 2.29. The van der Waals surface area contributed by atoms with E-state index >= 15 is 0 Å². The average Bonchev–Trinajstić information content (AvgIpc) is 3.38. The molecule has 0 bridgehead atoms. The molecular formula is C27H30FN3O4S. The van der Waals surface area contributed by atoms with Crippen molar-refractivity contribution in [3.8, 4) is 16.9 Å². The molecule has 0 aliphatic carbocycles. The minimum Gasteiger partial charge on any atom is -0.494 e. The third-order valence-corrected chi connectivity index (χ3v) is 8.84. The van der Waals surface area contributed by atoms with Crippen molar-refractivity contribution < 1.29 is 22.1 Å². The van der Waals surface area contributed by atoms with Crippen LogP contribution in [0.5, 0.6) is 5.75 Å². The van der Waals surface area contributed by atoms with Crippen molar-refractivity contribution in [3.05, 3.63) is 65.1 Å². The maximum atomic E-state index is 14.3. The van der Waals surface area contributed by atoms with Gasteiger partial charge in [0.05, 0.1) is 35.3 Å². The van der Waals surface area contributed by atoms with Gasteiger partial charge in [0.1, 0.15) is 21.4 Å². The van der Waals surface area contributed by atoms with Crippen LogP contribution in [0, 0.1) is 19.7 Å². The van der Waals surface area contributed by atoms with Crippen LogP contribution in [-0.4, -0.2) is 41.7 Å². The summed E-state index contributed by atoms with van der Waals surface area (Å²) in [5.41, 5.74) is 5.41. The van der Waals surface area contributed by atoms with Gasteiger partial charge in [-0.2, -0.15) is 0 Å². The molecule has 4 aromatic rings. The van der Waals surface area contributed by atoms with Crippen molar-refractivity contribution >= 4 is 20.9 Å². The first-order chi connectivity index (χ1) is 17.2. The molecule has 9 heteroatoms. The van der Waals surface area contributed by atoms with E-state index in [1.54, 1.807) is 6.07 Å². The highest BCUT2D eigenvalue weighted by atomic mass is 32.2. The fraction of sp³-hybridized carbons (Fsp3) is 0.407. The summed E-state index contributed by atoms with van der Waals surface area (Å²) in [6, 6.07) is 11.2. The molecule has 0 saturated carbocycles. The number of aryl methyl sites for hydroxylation is 2. The van der Waals surface area contributed by atoms with Crippen molar-refractivity contribution in [3.63, 3.8) is 0 Å². The number of rotatable bonds is 6. The van der Waals surface area contributed by atoms with Crippen LogP contribution in [0.4, 0.5) is 4.39 Å². The Morgan fingerprint density at radius 2 is 1.92 bits per heavy atom. The predicted octanol–water partition coefficient (Wildman–Crippen LogP) is 5.55. The number of nitrogens with zero attached hydrogens (tertiary/aromatic N) is 3. The van der Waals surface area contributed by atoms with Gasteiger partial charge in [-0.25, -0.2) is 17.8 Å². The van der Waals surface area contributed by atoms with E-state index < -0.39 is 15.7 Å². The summed E-state index contributed by atoms with van der Waals surface area (Å²) in [7, 11) is -1.55. The SMILES string of the molecule is COc1ccc(CC(C)c2nc3cc(-c4c(C)noc4C)ccc3n2C2CCS(=O)(=O)CC2)cc1F. The Morgan fingerprint density at radius 1 is 1.17 bits per heavy atom. The molecule has 1 fully saturated rings. The first-order valence-corrected chi connectivity index (χ1v) is 14.0. The zero-order valence-corrected chi connectivity index (χ0v) is 21.7. The number of aromatic nitrogens is 3. The van der Waals surface area contributed by atoms with E-state index in [2.05, 4.69) is 22.7 Å². The summed E-state index contributed by atoms with van der Waals surface area (Å²) in [4.78, 5) is 5.05. The number of ether oxygens (including phenoxy) is 1. The quantitative estimate of drug-likeness (QED) is 0.337. The van der Waals surface area contributed by atoms with Crippen LogP contribution in [0.25, 0.3) is 22.2 Å². The third-order valence-electron chi connectivity index (χ3n) is 7.13. The number of benzene rings is 2.